The van der Waals surface area contributed by atoms with Crippen LogP contribution >= 0.6 is 0 Å². The first-order valence-electron chi connectivity index (χ1n) is 49.5. The maximum absolute atomic E-state index is 13.3. The van der Waals surface area contributed by atoms with Gasteiger partial charge in [-0.2, -0.15) is 4.80 Å². The molecule has 16 saturated carbocycles. The highest BCUT2D eigenvalue weighted by molar-refractivity contribution is 5.83. The summed E-state index contributed by atoms with van der Waals surface area (Å²) in [5.41, 5.74) is -1.96. The van der Waals surface area contributed by atoms with Crippen molar-refractivity contribution in [2.24, 2.45) is 164 Å². The first-order chi connectivity index (χ1) is 59.4. The number of fused-ring (bicyclic) bond motifs is 20. The molecule has 0 aliphatic heterocycles. The molecule has 0 radical (unpaired) electrons. The molecule has 0 aromatic carbocycles. The highest BCUT2D eigenvalue weighted by atomic mass is 16.5. The number of ether oxygens (including phenoxy) is 4. The van der Waals surface area contributed by atoms with E-state index in [-0.39, 0.29) is 57.7 Å². The molecule has 20 rings (SSSR count). The summed E-state index contributed by atoms with van der Waals surface area (Å²) in [6, 6.07) is 0. The fraction of sp³-hybridized carbons (Fsp3) is 0.907. The third kappa shape index (κ3) is 17.4. The Morgan fingerprint density at radius 2 is 0.694 bits per heavy atom. The number of Topliss-reactive ketones (excluding diaryl/α,β-unsaturated/α-hetero) is 4. The van der Waals surface area contributed by atoms with E-state index in [1.807, 2.05) is 20.8 Å². The molecule has 4 aromatic rings. The van der Waals surface area contributed by atoms with Crippen LogP contribution < -0.4 is 0 Å². The Labute approximate surface area is 736 Å². The highest BCUT2D eigenvalue weighted by Gasteiger charge is 2.65. The molecular weight excluding hydrogens is 1570 g/mol. The average molecular weight is 1720 g/mol. The van der Waals surface area contributed by atoms with Crippen LogP contribution in [0.15, 0.2) is 12.4 Å². The summed E-state index contributed by atoms with van der Waals surface area (Å²) in [5, 5.41) is 87.2. The van der Waals surface area contributed by atoms with E-state index >= 15 is 0 Å². The molecule has 0 saturated heterocycles. The van der Waals surface area contributed by atoms with Crippen molar-refractivity contribution in [2.75, 3.05) is 54.4 Å². The second-order valence-corrected chi connectivity index (χ2v) is 45.3. The molecule has 27 heteroatoms. The van der Waals surface area contributed by atoms with Gasteiger partial charge >= 0.3 is 0 Å². The second kappa shape index (κ2) is 36.5. The zero-order chi connectivity index (χ0) is 87.0. The molecule has 0 amide bonds. The van der Waals surface area contributed by atoms with Crippen LogP contribution in [0.3, 0.4) is 0 Å². The van der Waals surface area contributed by atoms with Crippen molar-refractivity contribution in [1.82, 2.24) is 75.6 Å². The number of aromatic nitrogens is 15. The molecule has 0 bridgehead atoms. The van der Waals surface area contributed by atoms with Gasteiger partial charge in [-0.15, -0.1) is 25.5 Å². The van der Waals surface area contributed by atoms with Crippen molar-refractivity contribution in [3.63, 3.8) is 0 Å². The van der Waals surface area contributed by atoms with E-state index in [4.69, 9.17) is 18.9 Å². The van der Waals surface area contributed by atoms with Crippen molar-refractivity contribution in [3.8, 4) is 0 Å². The molecule has 4 aromatic heterocycles. The lowest BCUT2D eigenvalue weighted by Gasteiger charge is -2.57. The van der Waals surface area contributed by atoms with Crippen LogP contribution in [0.4, 0.5) is 0 Å². The number of hydrogen-bond donors (Lipinski definition) is 4. The van der Waals surface area contributed by atoms with Gasteiger partial charge in [0, 0.05) is 57.8 Å². The Morgan fingerprint density at radius 1 is 0.371 bits per heavy atom. The molecule has 16 aliphatic carbocycles. The number of methoxy groups -OCH3 is 3. The van der Waals surface area contributed by atoms with Gasteiger partial charge in [0.2, 0.25) is 0 Å². The highest BCUT2D eigenvalue weighted by Crippen LogP contribution is 2.70. The van der Waals surface area contributed by atoms with E-state index in [9.17, 15) is 39.6 Å². The SMILES string of the molecule is CCOC[C@@]1(O)CC[C@H]2[C@H](CC[C@@H]3[C@@H]2CC[C@]2(C)C(C(=O)Cn4nnnc4C)CC[C@@H]32)C1.COC[C@@]1(O)CC[C@H]2[C@H](CC[C@@H]3[C@@H]2CC[C@]2(C)C(C(=O)Cn4ccnn4)CC[C@@H]32)C1.COC[C@@]1(O)CC[C@H]2[C@H](CC[C@@H]3[C@@H]2CC[C@]2(C)C(C(=O)Cn4nnc(C)n4)CC[C@@H]32)C1.COC[C@@]1(O)CC[C@H]2[C@H](CC[C@@H]3[C@@H]2CC[C@]2(C)C(C(=O)Cn4nnnc4C)CC[C@@H]32)C1. The number of aliphatic hydroxyl groups is 4. The number of nitrogens with zero attached hydrogens (tertiary/aromatic N) is 15. The van der Waals surface area contributed by atoms with Gasteiger partial charge in [-0.05, 0) is 425 Å². The van der Waals surface area contributed by atoms with E-state index < -0.39 is 22.4 Å². The predicted molar refractivity (Wildman–Crippen MR) is 462 cm³/mol. The summed E-state index contributed by atoms with van der Waals surface area (Å²) in [6.45, 7) is 20.9. The number of aryl methyl sites for hydroxylation is 3. The van der Waals surface area contributed by atoms with E-state index in [1.165, 1.54) is 114 Å². The van der Waals surface area contributed by atoms with Crippen LogP contribution in [-0.4, -0.2) is 196 Å². The van der Waals surface area contributed by atoms with Crippen LogP contribution in [0.5, 0.6) is 0 Å². The van der Waals surface area contributed by atoms with Crippen molar-refractivity contribution in [2.45, 2.75) is 335 Å². The van der Waals surface area contributed by atoms with E-state index in [0.717, 1.165) is 193 Å². The molecule has 32 atom stereocenters. The van der Waals surface area contributed by atoms with Gasteiger partial charge in [-0.3, -0.25) is 19.2 Å². The Kier molecular flexibility index (Phi) is 26.6. The monoisotopic (exact) mass is 1720 g/mol. The van der Waals surface area contributed by atoms with Gasteiger partial charge in [-0.25, -0.2) is 14.0 Å². The van der Waals surface area contributed by atoms with E-state index in [1.54, 1.807) is 54.7 Å². The maximum Gasteiger partial charge on any atom is 0.171 e. The van der Waals surface area contributed by atoms with Crippen LogP contribution in [0.25, 0.3) is 0 Å². The zero-order valence-corrected chi connectivity index (χ0v) is 77.1. The predicted octanol–water partition coefficient (Wildman–Crippen LogP) is 13.5. The molecule has 4 N–H and O–H groups in total. The molecule has 16 fully saturated rings. The zero-order valence-electron chi connectivity index (χ0n) is 77.1. The minimum Gasteiger partial charge on any atom is -0.387 e. The molecule has 27 nitrogen and oxygen atoms in total. The maximum atomic E-state index is 13.3. The molecule has 16 aliphatic rings. The minimum atomic E-state index is -0.620. The van der Waals surface area contributed by atoms with E-state index in [0.29, 0.717) is 135 Å². The Hall–Kier alpha value is -5.29. The van der Waals surface area contributed by atoms with Crippen molar-refractivity contribution < 1.29 is 58.6 Å². The topological polar surface area (TPSA) is 348 Å². The fourth-order valence-corrected chi connectivity index (χ4v) is 34.1. The van der Waals surface area contributed by atoms with Crippen molar-refractivity contribution >= 4 is 23.1 Å². The minimum absolute atomic E-state index is 0.117. The van der Waals surface area contributed by atoms with Crippen LogP contribution in [0, 0.1) is 184 Å². The smallest absolute Gasteiger partial charge is 0.171 e. The summed E-state index contributed by atoms with van der Waals surface area (Å²) < 4.78 is 26.6. The van der Waals surface area contributed by atoms with Crippen LogP contribution in [0.1, 0.15) is 283 Å². The fourth-order valence-electron chi connectivity index (χ4n) is 34.1. The summed E-state index contributed by atoms with van der Waals surface area (Å²) in [4.78, 5) is 54.5. The van der Waals surface area contributed by atoms with Crippen molar-refractivity contribution in [3.05, 3.63) is 29.9 Å². The van der Waals surface area contributed by atoms with Gasteiger partial charge in [0.15, 0.2) is 29.0 Å². The number of tetrazole rings is 3. The van der Waals surface area contributed by atoms with Gasteiger partial charge in [0.1, 0.15) is 37.8 Å². The lowest BCUT2D eigenvalue weighted by Crippen LogP contribution is -2.52. The Morgan fingerprint density at radius 3 is 0.984 bits per heavy atom. The molecule has 124 heavy (non-hydrogen) atoms. The van der Waals surface area contributed by atoms with Crippen molar-refractivity contribution in [1.29, 1.82) is 0 Å². The quantitative estimate of drug-likeness (QED) is 0.0602. The van der Waals surface area contributed by atoms with Gasteiger partial charge in [-0.1, -0.05) is 32.9 Å². The first kappa shape index (κ1) is 90.6. The molecule has 0 spiro atoms. The number of ketones is 4. The van der Waals surface area contributed by atoms with Gasteiger partial charge < -0.3 is 39.4 Å². The molecule has 688 valence electrons. The summed E-state index contributed by atoms with van der Waals surface area (Å²) in [5.74, 6) is 18.2. The Bertz CT molecular complexity index is 4330. The van der Waals surface area contributed by atoms with Gasteiger partial charge in [0.05, 0.1) is 55.0 Å². The normalized spacial score (nSPS) is 44.4. The molecule has 4 unspecified atom stereocenters. The number of carbonyl (C=O) groups is 4. The average Bonchev–Trinajstić information content (AvgIpc) is 1.51. The number of hydrogen-bond acceptors (Lipinski definition) is 23. The molecule has 4 heterocycles. The van der Waals surface area contributed by atoms with E-state index in [2.05, 4.69) is 84.5 Å². The third-order valence-electron chi connectivity index (χ3n) is 39.5. The summed E-state index contributed by atoms with van der Waals surface area (Å²) >= 11 is 0. The first-order valence-corrected chi connectivity index (χ1v) is 49.5. The van der Waals surface area contributed by atoms with Crippen LogP contribution in [-0.2, 0) is 64.3 Å². The lowest BCUT2D eigenvalue weighted by atomic mass is 9.49. The second-order valence-electron chi connectivity index (χ2n) is 45.3. The number of rotatable bonds is 21. The lowest BCUT2D eigenvalue weighted by molar-refractivity contribution is -0.138. The third-order valence-corrected chi connectivity index (χ3v) is 39.5. The standard InChI is InChI=1S/C25H40N4O3.2C24H38N4O3.C24H37N3O3/c1-4-32-15-25(31)12-10-18-17(13-25)5-6-20-19(18)9-11-24(3)21(20)7-8-22(24)23(30)14-29-16(2)26-27-28-29;1-15-25-26-27-28(15)13-22(29)21-7-6-20-19-5-4-16-12-24(30,14-31-3)11-9-17(16)18(19)8-10-23(20,21)2;1-15-25-27-28(26-15)13-22(29)21-7-6-20-19-5-4-16-12-24(30,14-31-3)11-9-17(16)18(19)8-10-23(20,21)2;1-23-9-7-18-17-8-10-24(29,15-30-2)13-16(17)3-4-19(18)20(23)5-6-21(23)22(28)14-27-12-11-25-26-27/h17-22,31H,4-15H2,1-3H3;2*16-21,30H,4-14H2,1-3H3;11-12,16-21,29H,3-10,13-15H2,1-2H3/t17-,18+,19-,20-,21+,22?,24+,25-;3*16-,17+,18-,19-,20+,21?,23+,24-/m1111/s1. The van der Waals surface area contributed by atoms with Crippen LogP contribution in [0.2, 0.25) is 0 Å². The summed E-state index contributed by atoms with van der Waals surface area (Å²) in [7, 11) is 5.09. The number of carbonyl (C=O) groups excluding carboxylic acids is 4. The van der Waals surface area contributed by atoms with Gasteiger partial charge in [0.25, 0.3) is 0 Å². The molecular formula is C97H153N15O12. The Balaban J connectivity index is 0.000000117. The summed E-state index contributed by atoms with van der Waals surface area (Å²) in [6.07, 6.45) is 43.6. The largest absolute Gasteiger partial charge is 0.387 e.